The Balaban J connectivity index is 1.80. The van der Waals surface area contributed by atoms with Crippen LogP contribution in [-0.4, -0.2) is 46.3 Å². The molecular formula is C23H28N2O6. The Morgan fingerprint density at radius 2 is 1.61 bits per heavy atom. The molecule has 0 aromatic heterocycles. The van der Waals surface area contributed by atoms with Crippen molar-refractivity contribution in [1.29, 1.82) is 0 Å². The number of fused-ring (bicyclic) bond motifs is 1. The maximum Gasteiger partial charge on any atom is 0.236 e. The van der Waals surface area contributed by atoms with Crippen LogP contribution in [0.3, 0.4) is 0 Å². The van der Waals surface area contributed by atoms with Crippen molar-refractivity contribution in [2.75, 3.05) is 38.7 Å². The summed E-state index contributed by atoms with van der Waals surface area (Å²) in [6.45, 7) is 1.98. The third-order valence-electron chi connectivity index (χ3n) is 5.38. The molecule has 1 aliphatic heterocycles. The molecule has 166 valence electrons. The number of aryl methyl sites for hydroxylation is 1. The summed E-state index contributed by atoms with van der Waals surface area (Å²) in [7, 11) is 6.10. The molecule has 0 saturated heterocycles. The number of ether oxygens (including phenoxy) is 4. The Morgan fingerprint density at radius 1 is 0.968 bits per heavy atom. The fraction of sp³-hybridized carbons (Fsp3) is 0.391. The van der Waals surface area contributed by atoms with Crippen molar-refractivity contribution in [3.63, 3.8) is 0 Å². The molecule has 1 aliphatic rings. The highest BCUT2D eigenvalue weighted by Crippen LogP contribution is 2.39. The molecule has 0 fully saturated rings. The molecule has 8 nitrogen and oxygen atoms in total. The van der Waals surface area contributed by atoms with Crippen LogP contribution in [0.4, 0.5) is 11.4 Å². The van der Waals surface area contributed by atoms with Gasteiger partial charge in [0, 0.05) is 23.9 Å². The van der Waals surface area contributed by atoms with Gasteiger partial charge in [-0.25, -0.2) is 0 Å². The number of methoxy groups -OCH3 is 4. The summed E-state index contributed by atoms with van der Waals surface area (Å²) >= 11 is 0. The molecule has 1 atom stereocenters. The molecule has 1 N–H and O–H groups in total. The molecule has 0 saturated carbocycles. The summed E-state index contributed by atoms with van der Waals surface area (Å²) in [4.78, 5) is 27.5. The molecular weight excluding hydrogens is 400 g/mol. The van der Waals surface area contributed by atoms with Crippen LogP contribution in [0.2, 0.25) is 0 Å². The van der Waals surface area contributed by atoms with E-state index in [1.165, 1.54) is 21.3 Å². The minimum absolute atomic E-state index is 0.00810. The van der Waals surface area contributed by atoms with Crippen LogP contribution in [0.15, 0.2) is 30.3 Å². The predicted octanol–water partition coefficient (Wildman–Crippen LogP) is 3.42. The highest BCUT2D eigenvalue weighted by molar-refractivity contribution is 6.10. The van der Waals surface area contributed by atoms with Gasteiger partial charge >= 0.3 is 0 Å². The van der Waals surface area contributed by atoms with Gasteiger partial charge in [-0.2, -0.15) is 0 Å². The zero-order valence-electron chi connectivity index (χ0n) is 18.5. The number of nitrogens with one attached hydrogen (secondary N) is 1. The van der Waals surface area contributed by atoms with E-state index in [0.29, 0.717) is 22.9 Å². The number of hydrogen-bond donors (Lipinski definition) is 1. The van der Waals surface area contributed by atoms with Crippen LogP contribution in [0.1, 0.15) is 25.3 Å². The van der Waals surface area contributed by atoms with E-state index < -0.39 is 5.91 Å². The molecule has 2 amide bonds. The number of amides is 2. The van der Waals surface area contributed by atoms with E-state index in [0.717, 1.165) is 29.8 Å². The van der Waals surface area contributed by atoms with Gasteiger partial charge < -0.3 is 29.2 Å². The summed E-state index contributed by atoms with van der Waals surface area (Å²) < 4.78 is 21.2. The molecule has 1 unspecified atom stereocenters. The second kappa shape index (κ2) is 9.59. The lowest BCUT2D eigenvalue weighted by molar-refractivity contribution is -0.125. The first-order valence-electron chi connectivity index (χ1n) is 10.0. The summed E-state index contributed by atoms with van der Waals surface area (Å²) in [5.41, 5.74) is 2.20. The summed E-state index contributed by atoms with van der Waals surface area (Å²) in [6, 6.07) is 8.90. The monoisotopic (exact) mass is 428 g/mol. The number of anilines is 2. The molecule has 31 heavy (non-hydrogen) atoms. The van der Waals surface area contributed by atoms with E-state index in [1.54, 1.807) is 24.1 Å². The Morgan fingerprint density at radius 3 is 2.19 bits per heavy atom. The van der Waals surface area contributed by atoms with Crippen molar-refractivity contribution in [2.45, 2.75) is 32.2 Å². The Bertz CT molecular complexity index is 950. The summed E-state index contributed by atoms with van der Waals surface area (Å²) in [5.74, 6) is 1.29. The maximum absolute atomic E-state index is 13.1. The molecule has 0 aliphatic carbocycles. The van der Waals surface area contributed by atoms with Gasteiger partial charge in [-0.15, -0.1) is 0 Å². The normalized spacial score (nSPS) is 15.0. The quantitative estimate of drug-likeness (QED) is 0.680. The van der Waals surface area contributed by atoms with Crippen LogP contribution in [-0.2, 0) is 16.0 Å². The average Bonchev–Trinajstić information content (AvgIpc) is 2.78. The average molecular weight is 428 g/mol. The first kappa shape index (κ1) is 22.3. The minimum atomic E-state index is -0.459. The third kappa shape index (κ3) is 4.68. The van der Waals surface area contributed by atoms with Crippen LogP contribution >= 0.6 is 0 Å². The van der Waals surface area contributed by atoms with Gasteiger partial charge in [-0.3, -0.25) is 9.59 Å². The lowest BCUT2D eigenvalue weighted by Gasteiger charge is -2.35. The van der Waals surface area contributed by atoms with Gasteiger partial charge in [0.2, 0.25) is 11.8 Å². The number of rotatable bonds is 7. The van der Waals surface area contributed by atoms with Crippen LogP contribution in [0.5, 0.6) is 23.0 Å². The number of hydrogen-bond acceptors (Lipinski definition) is 6. The number of carbonyl (C=O) groups is 2. The Hall–Kier alpha value is -3.42. The molecule has 1 heterocycles. The van der Waals surface area contributed by atoms with Crippen molar-refractivity contribution < 1.29 is 28.5 Å². The minimum Gasteiger partial charge on any atom is -0.497 e. The van der Waals surface area contributed by atoms with Crippen molar-refractivity contribution in [3.8, 4) is 23.0 Å². The van der Waals surface area contributed by atoms with Gasteiger partial charge in [0.25, 0.3) is 0 Å². The van der Waals surface area contributed by atoms with E-state index >= 15 is 0 Å². The van der Waals surface area contributed by atoms with E-state index in [-0.39, 0.29) is 18.4 Å². The van der Waals surface area contributed by atoms with Gasteiger partial charge in [0.15, 0.2) is 0 Å². The summed E-state index contributed by atoms with van der Waals surface area (Å²) in [6.07, 6.45) is 1.35. The smallest absolute Gasteiger partial charge is 0.236 e. The standard InChI is InChI=1S/C23H28N2O6/c1-14-6-7-15-10-16(28-2)8-9-18(15)25(14)22(27)13-21(26)24-23-19(30-4)11-17(29-3)12-20(23)31-5/h8-12,14H,6-7,13H2,1-5H3,(H,24,26). The Kier molecular flexibility index (Phi) is 6.89. The lowest BCUT2D eigenvalue weighted by Crippen LogP contribution is -2.43. The van der Waals surface area contributed by atoms with Crippen LogP contribution in [0.25, 0.3) is 0 Å². The molecule has 0 radical (unpaired) electrons. The fourth-order valence-corrected chi connectivity index (χ4v) is 3.77. The van der Waals surface area contributed by atoms with Crippen molar-refractivity contribution in [3.05, 3.63) is 35.9 Å². The van der Waals surface area contributed by atoms with E-state index in [2.05, 4.69) is 5.32 Å². The second-order valence-electron chi connectivity index (χ2n) is 7.28. The lowest BCUT2D eigenvalue weighted by atomic mass is 9.96. The highest BCUT2D eigenvalue weighted by Gasteiger charge is 2.30. The van der Waals surface area contributed by atoms with Crippen molar-refractivity contribution in [1.82, 2.24) is 0 Å². The first-order valence-corrected chi connectivity index (χ1v) is 10.0. The highest BCUT2D eigenvalue weighted by atomic mass is 16.5. The largest absolute Gasteiger partial charge is 0.497 e. The summed E-state index contributed by atoms with van der Waals surface area (Å²) in [5, 5.41) is 2.75. The molecule has 2 aromatic rings. The molecule has 2 aromatic carbocycles. The SMILES string of the molecule is COc1ccc2c(c1)CCC(C)N2C(=O)CC(=O)Nc1c(OC)cc(OC)cc1OC. The van der Waals surface area contributed by atoms with Crippen molar-refractivity contribution >= 4 is 23.2 Å². The fourth-order valence-electron chi connectivity index (χ4n) is 3.77. The van der Waals surface area contributed by atoms with Gasteiger partial charge in [-0.1, -0.05) is 0 Å². The van der Waals surface area contributed by atoms with E-state index in [9.17, 15) is 9.59 Å². The van der Waals surface area contributed by atoms with Gasteiger partial charge in [-0.05, 0) is 43.5 Å². The topological polar surface area (TPSA) is 86.3 Å². The zero-order valence-corrected chi connectivity index (χ0v) is 18.5. The molecule has 0 bridgehead atoms. The predicted molar refractivity (Wildman–Crippen MR) is 118 cm³/mol. The van der Waals surface area contributed by atoms with Crippen LogP contribution < -0.4 is 29.2 Å². The first-order chi connectivity index (χ1) is 14.9. The number of benzene rings is 2. The Labute approximate surface area is 182 Å². The third-order valence-corrected chi connectivity index (χ3v) is 5.38. The second-order valence-corrected chi connectivity index (χ2v) is 7.28. The maximum atomic E-state index is 13.1. The van der Waals surface area contributed by atoms with Crippen molar-refractivity contribution in [2.24, 2.45) is 0 Å². The number of carbonyl (C=O) groups excluding carboxylic acids is 2. The molecule has 3 rings (SSSR count). The number of nitrogens with zero attached hydrogens (tertiary/aromatic N) is 1. The van der Waals surface area contributed by atoms with E-state index in [1.807, 2.05) is 25.1 Å². The van der Waals surface area contributed by atoms with Gasteiger partial charge in [0.05, 0.1) is 28.4 Å². The molecule has 0 spiro atoms. The zero-order chi connectivity index (χ0) is 22.5. The van der Waals surface area contributed by atoms with E-state index in [4.69, 9.17) is 18.9 Å². The van der Waals surface area contributed by atoms with Crippen LogP contribution in [0, 0.1) is 0 Å². The molecule has 8 heteroatoms. The van der Waals surface area contributed by atoms with Gasteiger partial charge in [0.1, 0.15) is 35.1 Å².